The van der Waals surface area contributed by atoms with Gasteiger partial charge in [0.1, 0.15) is 0 Å². The molecule has 0 unspecified atom stereocenters. The molecule has 1 aromatic carbocycles. The van der Waals surface area contributed by atoms with Gasteiger partial charge < -0.3 is 0 Å². The minimum atomic E-state index is -0.235. The van der Waals surface area contributed by atoms with Crippen molar-refractivity contribution in [2.45, 2.75) is 30.2 Å². The van der Waals surface area contributed by atoms with E-state index < -0.39 is 0 Å². The number of hydrogen-bond donors (Lipinski definition) is 5. The van der Waals surface area contributed by atoms with Gasteiger partial charge in [0.05, 0.1) is 0 Å². The molecule has 0 saturated heterocycles. The van der Waals surface area contributed by atoms with Crippen molar-refractivity contribution in [1.82, 2.24) is 0 Å². The molecule has 0 heterocycles. The van der Waals surface area contributed by atoms with Crippen LogP contribution < -0.4 is 47.5 Å². The van der Waals surface area contributed by atoms with E-state index in [0.717, 1.165) is 28.8 Å². The molecule has 0 aromatic heterocycles. The van der Waals surface area contributed by atoms with E-state index in [4.69, 9.17) is 15.4 Å². The molecule has 5 nitrogen and oxygen atoms in total. The summed E-state index contributed by atoms with van der Waals surface area (Å²) in [5.74, 6) is 0. The molecule has 0 aliphatic rings. The van der Waals surface area contributed by atoms with Crippen LogP contribution in [0, 0.1) is 0 Å². The molecule has 0 atom stereocenters. The SMILES string of the molecule is CC(C)(CCN)Nc1cc(C[I-]N)ccc1NCCN. The molecule has 0 radical (unpaired) electrons. The second-order valence-corrected chi connectivity index (χ2v) is 7.07. The van der Waals surface area contributed by atoms with Crippen LogP contribution in [0.15, 0.2) is 18.2 Å². The van der Waals surface area contributed by atoms with Crippen molar-refractivity contribution >= 4 is 11.4 Å². The zero-order valence-corrected chi connectivity index (χ0v) is 14.5. The fraction of sp³-hybridized carbons (Fsp3) is 0.571. The molecule has 0 aliphatic carbocycles. The first-order valence-electron chi connectivity index (χ1n) is 6.85. The number of anilines is 2. The Kier molecular flexibility index (Phi) is 7.57. The van der Waals surface area contributed by atoms with Crippen molar-refractivity contribution in [3.63, 3.8) is 0 Å². The molecule has 0 amide bonds. The molecular formula is C14H27IN5-. The van der Waals surface area contributed by atoms with Crippen LogP contribution in [-0.2, 0) is 4.43 Å². The monoisotopic (exact) mass is 392 g/mol. The van der Waals surface area contributed by atoms with E-state index in [1.807, 2.05) is 0 Å². The fourth-order valence-electron chi connectivity index (χ4n) is 2.02. The maximum atomic E-state index is 5.74. The minimum absolute atomic E-state index is 0.0374. The summed E-state index contributed by atoms with van der Waals surface area (Å²) in [5.41, 5.74) is 14.7. The van der Waals surface area contributed by atoms with Crippen LogP contribution in [0.4, 0.5) is 11.4 Å². The number of benzene rings is 1. The van der Waals surface area contributed by atoms with Gasteiger partial charge in [-0.05, 0) is 0 Å². The molecule has 8 N–H and O–H groups in total. The molecular weight excluding hydrogens is 365 g/mol. The topological polar surface area (TPSA) is 102 Å². The molecule has 0 fully saturated rings. The van der Waals surface area contributed by atoms with Crippen molar-refractivity contribution in [1.29, 1.82) is 0 Å². The molecule has 1 aromatic rings. The zero-order valence-electron chi connectivity index (χ0n) is 12.4. The summed E-state index contributed by atoms with van der Waals surface area (Å²) in [6.07, 6.45) is 0.914. The number of alkyl halides is 1. The molecule has 20 heavy (non-hydrogen) atoms. The standard InChI is InChI=1S/C14H27IN5/c1-14(2,5-6-16)20-13-9-11(10-15-18)3-4-12(13)19-8-7-17/h3-4,9,19-20H,5-8,10,16-18H2,1-2H3/q-1. The van der Waals surface area contributed by atoms with E-state index in [0.29, 0.717) is 13.1 Å². The third-order valence-corrected chi connectivity index (χ3v) is 4.34. The number of hydrogen-bond acceptors (Lipinski definition) is 5. The number of nitrogens with one attached hydrogen (secondary N) is 2. The Labute approximate surface area is 132 Å². The molecule has 116 valence electrons. The van der Waals surface area contributed by atoms with Gasteiger partial charge in [-0.2, -0.15) is 0 Å². The van der Waals surface area contributed by atoms with Gasteiger partial charge in [-0.25, -0.2) is 0 Å². The second kappa shape index (κ2) is 8.66. The van der Waals surface area contributed by atoms with E-state index in [1.165, 1.54) is 5.56 Å². The average molecular weight is 392 g/mol. The van der Waals surface area contributed by atoms with Crippen molar-refractivity contribution in [3.8, 4) is 0 Å². The van der Waals surface area contributed by atoms with Gasteiger partial charge >= 0.3 is 133 Å². The van der Waals surface area contributed by atoms with Gasteiger partial charge in [0.2, 0.25) is 0 Å². The summed E-state index contributed by atoms with van der Waals surface area (Å²) < 4.78 is 6.73. The van der Waals surface area contributed by atoms with Crippen LogP contribution in [0.1, 0.15) is 25.8 Å². The Bertz CT molecular complexity index is 409. The molecule has 0 bridgehead atoms. The van der Waals surface area contributed by atoms with Crippen LogP contribution in [0.3, 0.4) is 0 Å². The first-order chi connectivity index (χ1) is 9.52. The van der Waals surface area contributed by atoms with E-state index >= 15 is 0 Å². The van der Waals surface area contributed by atoms with Gasteiger partial charge in [-0.1, -0.05) is 0 Å². The number of halogens is 1. The summed E-state index contributed by atoms with van der Waals surface area (Å²) in [4.78, 5) is 0. The summed E-state index contributed by atoms with van der Waals surface area (Å²) in [6.45, 7) is 6.36. The molecule has 0 aliphatic heterocycles. The van der Waals surface area contributed by atoms with Crippen molar-refractivity contribution < 1.29 is 21.5 Å². The van der Waals surface area contributed by atoms with Gasteiger partial charge in [0, 0.05) is 0 Å². The summed E-state index contributed by atoms with van der Waals surface area (Å²) in [6, 6.07) is 6.42. The van der Waals surface area contributed by atoms with Crippen molar-refractivity contribution in [2.75, 3.05) is 30.3 Å². The van der Waals surface area contributed by atoms with Crippen molar-refractivity contribution in [3.05, 3.63) is 23.8 Å². The Morgan fingerprint density at radius 2 is 1.90 bits per heavy atom. The maximum absolute atomic E-state index is 5.74. The van der Waals surface area contributed by atoms with Crippen LogP contribution >= 0.6 is 0 Å². The normalized spacial score (nSPS) is 11.7. The Balaban J connectivity index is 2.94. The van der Waals surface area contributed by atoms with Gasteiger partial charge in [-0.15, -0.1) is 0 Å². The zero-order chi connectivity index (χ0) is 15.0. The molecule has 0 saturated carbocycles. The predicted octanol–water partition coefficient (Wildman–Crippen LogP) is -1.94. The van der Waals surface area contributed by atoms with Crippen LogP contribution in [0.2, 0.25) is 0 Å². The number of rotatable bonds is 9. The van der Waals surface area contributed by atoms with Crippen LogP contribution in [-0.4, -0.2) is 25.2 Å². The molecule has 0 spiro atoms. The van der Waals surface area contributed by atoms with Crippen LogP contribution in [0.5, 0.6) is 0 Å². The van der Waals surface area contributed by atoms with E-state index in [2.05, 4.69) is 42.7 Å². The van der Waals surface area contributed by atoms with E-state index in [-0.39, 0.29) is 27.0 Å². The quantitative estimate of drug-likeness (QED) is 0.191. The first-order valence-corrected chi connectivity index (χ1v) is 9.62. The molecule has 1 rings (SSSR count). The number of nitrogens with two attached hydrogens (primary N) is 3. The Morgan fingerprint density at radius 3 is 2.50 bits per heavy atom. The average Bonchev–Trinajstić information content (AvgIpc) is 2.37. The van der Waals surface area contributed by atoms with Gasteiger partial charge in [0.15, 0.2) is 0 Å². The predicted molar refractivity (Wildman–Crippen MR) is 83.3 cm³/mol. The Morgan fingerprint density at radius 1 is 1.15 bits per heavy atom. The summed E-state index contributed by atoms with van der Waals surface area (Å²) in [5, 5.41) is 6.94. The Hall–Kier alpha value is -0.570. The van der Waals surface area contributed by atoms with Gasteiger partial charge in [-0.3, -0.25) is 0 Å². The second-order valence-electron chi connectivity index (χ2n) is 5.43. The third-order valence-electron chi connectivity index (χ3n) is 3.02. The first kappa shape index (κ1) is 17.5. The third kappa shape index (κ3) is 5.82. The van der Waals surface area contributed by atoms with Crippen LogP contribution in [0.25, 0.3) is 0 Å². The summed E-state index contributed by atoms with van der Waals surface area (Å²) >= 11 is -0.235. The summed E-state index contributed by atoms with van der Waals surface area (Å²) in [7, 11) is 0. The fourth-order valence-corrected chi connectivity index (χ4v) is 3.00. The van der Waals surface area contributed by atoms with Gasteiger partial charge in [0.25, 0.3) is 0 Å². The van der Waals surface area contributed by atoms with E-state index in [9.17, 15) is 0 Å². The molecule has 6 heteroatoms. The van der Waals surface area contributed by atoms with Crippen molar-refractivity contribution in [2.24, 2.45) is 15.4 Å². The van der Waals surface area contributed by atoms with E-state index in [1.54, 1.807) is 0 Å².